The molecular weight excluding hydrogens is 338 g/mol. The lowest BCUT2D eigenvalue weighted by atomic mass is 10.2. The summed E-state index contributed by atoms with van der Waals surface area (Å²) >= 11 is 0.874. The highest BCUT2D eigenvalue weighted by Crippen LogP contribution is 2.33. The fraction of sp³-hybridized carbons (Fsp3) is 0.312. The number of rotatable bonds is 3. The van der Waals surface area contributed by atoms with Crippen LogP contribution in [0.3, 0.4) is 0 Å². The summed E-state index contributed by atoms with van der Waals surface area (Å²) in [7, 11) is 0. The number of carboxylic acids is 1. The third kappa shape index (κ3) is 2.77. The van der Waals surface area contributed by atoms with Crippen LogP contribution in [-0.2, 0) is 4.79 Å². The number of amides is 1. The lowest BCUT2D eigenvalue weighted by molar-refractivity contribution is -0.141. The summed E-state index contributed by atoms with van der Waals surface area (Å²) in [4.78, 5) is 29.5. The molecule has 1 N–H and O–H groups in total. The van der Waals surface area contributed by atoms with E-state index in [1.807, 2.05) is 0 Å². The normalized spacial score (nSPS) is 17.3. The standard InChI is InChI=1S/C16H14F2N2O3S/c1-8-13(15(21)20-7-3-6-11(20)16(22)23)24-14(19-8)12-9(17)4-2-5-10(12)18/h2,4-5,11H,3,6-7H2,1H3,(H,22,23). The smallest absolute Gasteiger partial charge is 0.326 e. The molecule has 2 heterocycles. The summed E-state index contributed by atoms with van der Waals surface area (Å²) in [5, 5.41) is 9.27. The van der Waals surface area contributed by atoms with Gasteiger partial charge in [-0.15, -0.1) is 11.3 Å². The van der Waals surface area contributed by atoms with Gasteiger partial charge < -0.3 is 10.0 Å². The predicted molar refractivity (Wildman–Crippen MR) is 83.9 cm³/mol. The lowest BCUT2D eigenvalue weighted by Gasteiger charge is -2.20. The van der Waals surface area contributed by atoms with Crippen LogP contribution in [-0.4, -0.2) is 39.5 Å². The van der Waals surface area contributed by atoms with Crippen molar-refractivity contribution in [2.75, 3.05) is 6.54 Å². The molecule has 3 rings (SSSR count). The molecule has 0 radical (unpaired) electrons. The number of halogens is 2. The number of carboxylic acid groups (broad SMARTS) is 1. The van der Waals surface area contributed by atoms with Gasteiger partial charge in [0.25, 0.3) is 5.91 Å². The molecule has 24 heavy (non-hydrogen) atoms. The highest BCUT2D eigenvalue weighted by molar-refractivity contribution is 7.17. The number of aliphatic carboxylic acids is 1. The molecule has 126 valence electrons. The second-order valence-electron chi connectivity index (χ2n) is 5.53. The van der Waals surface area contributed by atoms with Gasteiger partial charge in [-0.3, -0.25) is 4.79 Å². The van der Waals surface area contributed by atoms with Gasteiger partial charge in [0.2, 0.25) is 0 Å². The summed E-state index contributed by atoms with van der Waals surface area (Å²) in [6, 6.07) is 2.63. The van der Waals surface area contributed by atoms with Crippen LogP contribution in [0.25, 0.3) is 10.6 Å². The number of aryl methyl sites for hydroxylation is 1. The van der Waals surface area contributed by atoms with E-state index in [4.69, 9.17) is 0 Å². The second kappa shape index (κ2) is 6.27. The van der Waals surface area contributed by atoms with Gasteiger partial charge in [0.1, 0.15) is 27.6 Å². The van der Waals surface area contributed by atoms with E-state index in [1.165, 1.54) is 11.0 Å². The van der Waals surface area contributed by atoms with E-state index in [0.29, 0.717) is 25.1 Å². The van der Waals surface area contributed by atoms with Crippen LogP contribution in [0.1, 0.15) is 28.2 Å². The van der Waals surface area contributed by atoms with Crippen molar-refractivity contribution in [3.8, 4) is 10.6 Å². The number of aromatic nitrogens is 1. The van der Waals surface area contributed by atoms with Gasteiger partial charge in [0.15, 0.2) is 0 Å². The molecular formula is C16H14F2N2O3S. The molecule has 1 saturated heterocycles. The van der Waals surface area contributed by atoms with Crippen molar-refractivity contribution in [2.45, 2.75) is 25.8 Å². The summed E-state index contributed by atoms with van der Waals surface area (Å²) in [5.74, 6) is -3.03. The minimum Gasteiger partial charge on any atom is -0.480 e. The molecule has 1 aromatic carbocycles. The Kier molecular flexibility index (Phi) is 4.31. The molecule has 1 amide bonds. The van der Waals surface area contributed by atoms with E-state index >= 15 is 0 Å². The van der Waals surface area contributed by atoms with Gasteiger partial charge in [0, 0.05) is 6.54 Å². The van der Waals surface area contributed by atoms with Crippen LogP contribution in [0.2, 0.25) is 0 Å². The zero-order chi connectivity index (χ0) is 17.4. The van der Waals surface area contributed by atoms with E-state index in [0.717, 1.165) is 23.5 Å². The first-order valence-corrected chi connectivity index (χ1v) is 8.17. The Morgan fingerprint density at radius 3 is 2.62 bits per heavy atom. The number of likely N-dealkylation sites (tertiary alicyclic amines) is 1. The summed E-state index contributed by atoms with van der Waals surface area (Å²) in [5.41, 5.74) is 0.0551. The minimum atomic E-state index is -1.05. The summed E-state index contributed by atoms with van der Waals surface area (Å²) in [6.07, 6.45) is 1.00. The molecule has 1 atom stereocenters. The maximum atomic E-state index is 13.9. The fourth-order valence-corrected chi connectivity index (χ4v) is 3.87. The minimum absolute atomic E-state index is 0.0671. The van der Waals surface area contributed by atoms with E-state index in [1.54, 1.807) is 6.92 Å². The van der Waals surface area contributed by atoms with Crippen molar-refractivity contribution in [1.82, 2.24) is 9.88 Å². The van der Waals surface area contributed by atoms with Crippen LogP contribution in [0, 0.1) is 18.6 Å². The Morgan fingerprint density at radius 1 is 1.33 bits per heavy atom. The van der Waals surface area contributed by atoms with Crippen LogP contribution in [0.4, 0.5) is 8.78 Å². The Hall–Kier alpha value is -2.35. The van der Waals surface area contributed by atoms with Gasteiger partial charge in [-0.05, 0) is 31.9 Å². The molecule has 0 bridgehead atoms. The molecule has 1 unspecified atom stereocenters. The number of carbonyl (C=O) groups excluding carboxylic acids is 1. The van der Waals surface area contributed by atoms with E-state index in [9.17, 15) is 23.5 Å². The summed E-state index contributed by atoms with van der Waals surface area (Å²) in [6.45, 7) is 1.91. The quantitative estimate of drug-likeness (QED) is 0.922. The van der Waals surface area contributed by atoms with Crippen LogP contribution >= 0.6 is 11.3 Å². The molecule has 0 saturated carbocycles. The number of nitrogens with zero attached hydrogens (tertiary/aromatic N) is 2. The maximum Gasteiger partial charge on any atom is 0.326 e. The molecule has 2 aromatic rings. The highest BCUT2D eigenvalue weighted by atomic mass is 32.1. The van der Waals surface area contributed by atoms with Gasteiger partial charge >= 0.3 is 5.97 Å². The van der Waals surface area contributed by atoms with E-state index in [2.05, 4.69) is 4.98 Å². The summed E-state index contributed by atoms with van der Waals surface area (Å²) < 4.78 is 27.8. The Labute approximate surface area is 140 Å². The molecule has 1 fully saturated rings. The second-order valence-corrected chi connectivity index (χ2v) is 6.52. The monoisotopic (exact) mass is 352 g/mol. The van der Waals surface area contributed by atoms with Gasteiger partial charge in [-0.2, -0.15) is 0 Å². The van der Waals surface area contributed by atoms with Gasteiger partial charge in [-0.25, -0.2) is 18.6 Å². The molecule has 1 aromatic heterocycles. The third-order valence-corrected chi connectivity index (χ3v) is 5.13. The maximum absolute atomic E-state index is 13.9. The first-order valence-electron chi connectivity index (χ1n) is 7.35. The largest absolute Gasteiger partial charge is 0.480 e. The van der Waals surface area contributed by atoms with E-state index < -0.39 is 29.6 Å². The lowest BCUT2D eigenvalue weighted by Crippen LogP contribution is -2.40. The molecule has 0 spiro atoms. The van der Waals surface area contributed by atoms with Gasteiger partial charge in [-0.1, -0.05) is 6.07 Å². The zero-order valence-electron chi connectivity index (χ0n) is 12.8. The highest BCUT2D eigenvalue weighted by Gasteiger charge is 2.36. The van der Waals surface area contributed by atoms with E-state index in [-0.39, 0.29) is 15.4 Å². The van der Waals surface area contributed by atoms with Crippen molar-refractivity contribution >= 4 is 23.2 Å². The number of carbonyl (C=O) groups is 2. The average Bonchev–Trinajstić information content (AvgIpc) is 3.13. The van der Waals surface area contributed by atoms with Crippen LogP contribution in [0.15, 0.2) is 18.2 Å². The first kappa shape index (κ1) is 16.5. The third-order valence-electron chi connectivity index (χ3n) is 3.97. The van der Waals surface area contributed by atoms with Crippen molar-refractivity contribution < 1.29 is 23.5 Å². The molecule has 0 aliphatic carbocycles. The number of benzene rings is 1. The van der Waals surface area contributed by atoms with Crippen LogP contribution < -0.4 is 0 Å². The predicted octanol–water partition coefficient (Wildman–Crippen LogP) is 3.09. The topological polar surface area (TPSA) is 70.5 Å². The first-order chi connectivity index (χ1) is 11.4. The molecule has 1 aliphatic heterocycles. The van der Waals surface area contributed by atoms with Crippen molar-refractivity contribution in [3.05, 3.63) is 40.4 Å². The van der Waals surface area contributed by atoms with Crippen molar-refractivity contribution in [2.24, 2.45) is 0 Å². The Morgan fingerprint density at radius 2 is 2.00 bits per heavy atom. The molecule has 1 aliphatic rings. The van der Waals surface area contributed by atoms with Crippen LogP contribution in [0.5, 0.6) is 0 Å². The fourth-order valence-electron chi connectivity index (χ4n) is 2.80. The SMILES string of the molecule is Cc1nc(-c2c(F)cccc2F)sc1C(=O)N1CCCC1C(=O)O. The van der Waals surface area contributed by atoms with Crippen molar-refractivity contribution in [1.29, 1.82) is 0 Å². The number of thiazole rings is 1. The molecule has 5 nitrogen and oxygen atoms in total. The zero-order valence-corrected chi connectivity index (χ0v) is 13.6. The van der Waals surface area contributed by atoms with Gasteiger partial charge in [0.05, 0.1) is 11.3 Å². The Balaban J connectivity index is 1.98. The number of hydrogen-bond donors (Lipinski definition) is 1. The average molecular weight is 352 g/mol. The Bertz CT molecular complexity index is 801. The molecule has 8 heteroatoms. The number of hydrogen-bond acceptors (Lipinski definition) is 4. The van der Waals surface area contributed by atoms with Crippen molar-refractivity contribution in [3.63, 3.8) is 0 Å².